The number of hydrogen-bond donors (Lipinski definition) is 2. The van der Waals surface area contributed by atoms with Gasteiger partial charge in [-0.3, -0.25) is 4.21 Å². The van der Waals surface area contributed by atoms with Crippen molar-refractivity contribution in [2.45, 2.75) is 17.4 Å². The summed E-state index contributed by atoms with van der Waals surface area (Å²) in [5.41, 5.74) is 5.30. The largest absolute Gasteiger partial charge is 0.490 e. The van der Waals surface area contributed by atoms with Crippen LogP contribution in [0, 0.1) is 0 Å². The Morgan fingerprint density at radius 1 is 1.33 bits per heavy atom. The highest BCUT2D eigenvalue weighted by Gasteiger charge is 2.15. The van der Waals surface area contributed by atoms with Gasteiger partial charge in [-0.2, -0.15) is 0 Å². The van der Waals surface area contributed by atoms with Gasteiger partial charge in [0, 0.05) is 23.9 Å². The van der Waals surface area contributed by atoms with Gasteiger partial charge < -0.3 is 20.3 Å². The van der Waals surface area contributed by atoms with E-state index in [9.17, 15) is 9.32 Å². The first-order valence-corrected chi connectivity index (χ1v) is 7.18. The Balaban J connectivity index is 2.15. The van der Waals surface area contributed by atoms with Crippen molar-refractivity contribution in [3.63, 3.8) is 0 Å². The molecule has 5 nitrogen and oxygen atoms in total. The minimum absolute atomic E-state index is 0.107. The van der Waals surface area contributed by atoms with Gasteiger partial charge in [0.25, 0.3) is 0 Å². The van der Waals surface area contributed by atoms with E-state index in [4.69, 9.17) is 15.2 Å². The van der Waals surface area contributed by atoms with Gasteiger partial charge in [-0.15, -0.1) is 0 Å². The zero-order chi connectivity index (χ0) is 13.0. The third kappa shape index (κ3) is 3.22. The molecule has 1 unspecified atom stereocenters. The molecule has 1 aromatic rings. The third-order valence-corrected chi connectivity index (χ3v) is 4.06. The minimum Gasteiger partial charge on any atom is -0.490 e. The van der Waals surface area contributed by atoms with Crippen LogP contribution >= 0.6 is 0 Å². The maximum Gasteiger partial charge on any atom is 0.162 e. The molecule has 0 radical (unpaired) electrons. The molecule has 18 heavy (non-hydrogen) atoms. The van der Waals surface area contributed by atoms with Crippen molar-refractivity contribution < 1.29 is 18.8 Å². The molecule has 0 aliphatic carbocycles. The molecule has 0 saturated heterocycles. The molecule has 100 valence electrons. The highest BCUT2D eigenvalue weighted by atomic mass is 32.2. The molecule has 0 fully saturated rings. The fraction of sp³-hybridized carbons (Fsp3) is 0.500. The normalized spacial score (nSPS) is 17.9. The van der Waals surface area contributed by atoms with Crippen LogP contribution in [-0.4, -0.2) is 40.9 Å². The number of benzene rings is 1. The summed E-state index contributed by atoms with van der Waals surface area (Å²) in [6.07, 6.45) is 0.0840. The Labute approximate surface area is 108 Å². The molecule has 0 aromatic heterocycles. The Morgan fingerprint density at radius 3 is 2.78 bits per heavy atom. The quantitative estimate of drug-likeness (QED) is 0.821. The van der Waals surface area contributed by atoms with E-state index in [0.717, 1.165) is 6.42 Å². The second-order valence-corrected chi connectivity index (χ2v) is 5.56. The summed E-state index contributed by atoms with van der Waals surface area (Å²) in [5.74, 6) is 1.42. The van der Waals surface area contributed by atoms with Gasteiger partial charge in [-0.1, -0.05) is 0 Å². The first-order chi connectivity index (χ1) is 8.70. The van der Waals surface area contributed by atoms with Crippen molar-refractivity contribution in [3.05, 3.63) is 18.2 Å². The summed E-state index contributed by atoms with van der Waals surface area (Å²) < 4.78 is 23.0. The van der Waals surface area contributed by atoms with Crippen LogP contribution in [0.2, 0.25) is 0 Å². The summed E-state index contributed by atoms with van der Waals surface area (Å²) in [5, 5.41) is 9.40. The highest BCUT2D eigenvalue weighted by Crippen LogP contribution is 2.31. The number of aliphatic hydroxyl groups excluding tert-OH is 1. The topological polar surface area (TPSA) is 81.8 Å². The van der Waals surface area contributed by atoms with Gasteiger partial charge in [-0.25, -0.2) is 0 Å². The van der Waals surface area contributed by atoms with Crippen LogP contribution in [0.4, 0.5) is 0 Å². The fourth-order valence-electron chi connectivity index (χ4n) is 1.62. The molecule has 1 heterocycles. The van der Waals surface area contributed by atoms with Gasteiger partial charge in [-0.05, 0) is 12.1 Å². The first-order valence-electron chi connectivity index (χ1n) is 5.87. The number of ether oxygens (including phenoxy) is 2. The van der Waals surface area contributed by atoms with E-state index in [0.29, 0.717) is 29.6 Å². The predicted molar refractivity (Wildman–Crippen MR) is 68.4 cm³/mol. The second kappa shape index (κ2) is 6.17. The highest BCUT2D eigenvalue weighted by molar-refractivity contribution is 7.85. The number of fused-ring (bicyclic) bond motifs is 1. The van der Waals surface area contributed by atoms with E-state index in [1.807, 2.05) is 0 Å². The van der Waals surface area contributed by atoms with E-state index < -0.39 is 16.9 Å². The van der Waals surface area contributed by atoms with E-state index >= 15 is 0 Å². The monoisotopic (exact) mass is 271 g/mol. The third-order valence-electron chi connectivity index (χ3n) is 2.60. The molecule has 0 amide bonds. The smallest absolute Gasteiger partial charge is 0.162 e. The van der Waals surface area contributed by atoms with Crippen molar-refractivity contribution in [2.24, 2.45) is 5.73 Å². The van der Waals surface area contributed by atoms with Crippen LogP contribution in [0.25, 0.3) is 0 Å². The number of aliphatic hydroxyl groups is 1. The molecule has 1 aromatic carbocycles. The summed E-state index contributed by atoms with van der Waals surface area (Å²) in [6, 6.07) is 5.19. The molecule has 2 rings (SSSR count). The maximum atomic E-state index is 12.0. The molecule has 0 saturated carbocycles. The van der Waals surface area contributed by atoms with Crippen LogP contribution < -0.4 is 15.2 Å². The van der Waals surface area contributed by atoms with Crippen LogP contribution in [0.15, 0.2) is 23.1 Å². The first kappa shape index (κ1) is 13.3. The molecule has 6 heteroatoms. The predicted octanol–water partition coefficient (Wildman–Crippen LogP) is 0.275. The lowest BCUT2D eigenvalue weighted by Gasteiger charge is -2.10. The molecule has 1 aliphatic heterocycles. The van der Waals surface area contributed by atoms with E-state index in [1.54, 1.807) is 18.2 Å². The van der Waals surface area contributed by atoms with E-state index in [2.05, 4.69) is 0 Å². The lowest BCUT2D eigenvalue weighted by atomic mass is 10.3. The number of rotatable bonds is 4. The standard InChI is InChI=1S/C12H17NO4S/c13-7-9(14)8-18(15)10-2-3-11-12(6-10)17-5-1-4-16-11/h2-3,6,9,14H,1,4-5,7-8,13H2/t9-,18?/m0/s1. The van der Waals surface area contributed by atoms with Crippen LogP contribution in [-0.2, 0) is 10.8 Å². The molecular formula is C12H17NO4S. The molecule has 0 spiro atoms. The molecule has 3 N–H and O–H groups in total. The Bertz CT molecular complexity index is 438. The number of nitrogens with two attached hydrogens (primary N) is 1. The summed E-state index contributed by atoms with van der Waals surface area (Å²) in [6.45, 7) is 1.33. The fourth-order valence-corrected chi connectivity index (χ4v) is 2.76. The van der Waals surface area contributed by atoms with Gasteiger partial charge >= 0.3 is 0 Å². The zero-order valence-electron chi connectivity index (χ0n) is 10.0. The van der Waals surface area contributed by atoms with Crippen LogP contribution in [0.5, 0.6) is 11.5 Å². The van der Waals surface area contributed by atoms with Crippen molar-refractivity contribution in [2.75, 3.05) is 25.5 Å². The molecule has 0 bridgehead atoms. The van der Waals surface area contributed by atoms with Crippen molar-refractivity contribution >= 4 is 10.8 Å². The SMILES string of the molecule is NC[C@H](O)CS(=O)c1ccc2c(c1)OCCCO2. The van der Waals surface area contributed by atoms with Crippen LogP contribution in [0.3, 0.4) is 0 Å². The van der Waals surface area contributed by atoms with Gasteiger partial charge in [0.1, 0.15) is 0 Å². The summed E-state index contributed by atoms with van der Waals surface area (Å²) in [4.78, 5) is 0.617. The lowest BCUT2D eigenvalue weighted by molar-refractivity contribution is 0.207. The van der Waals surface area contributed by atoms with Gasteiger partial charge in [0.05, 0.1) is 35.9 Å². The minimum atomic E-state index is -1.28. The zero-order valence-corrected chi connectivity index (χ0v) is 10.8. The lowest BCUT2D eigenvalue weighted by Crippen LogP contribution is -2.26. The van der Waals surface area contributed by atoms with Crippen molar-refractivity contribution in [1.82, 2.24) is 0 Å². The van der Waals surface area contributed by atoms with Crippen molar-refractivity contribution in [1.29, 1.82) is 0 Å². The maximum absolute atomic E-state index is 12.0. The Kier molecular flexibility index (Phi) is 4.57. The average molecular weight is 271 g/mol. The van der Waals surface area contributed by atoms with Gasteiger partial charge in [0.15, 0.2) is 11.5 Å². The second-order valence-electron chi connectivity index (χ2n) is 4.06. The molecular weight excluding hydrogens is 254 g/mol. The Morgan fingerprint density at radius 2 is 2.06 bits per heavy atom. The van der Waals surface area contributed by atoms with Crippen molar-refractivity contribution in [3.8, 4) is 11.5 Å². The van der Waals surface area contributed by atoms with Gasteiger partial charge in [0.2, 0.25) is 0 Å². The van der Waals surface area contributed by atoms with E-state index in [-0.39, 0.29) is 12.3 Å². The Hall–Kier alpha value is -1.11. The molecule has 1 aliphatic rings. The average Bonchev–Trinajstić information content (AvgIpc) is 2.62. The number of hydrogen-bond acceptors (Lipinski definition) is 5. The molecule has 2 atom stereocenters. The summed E-state index contributed by atoms with van der Waals surface area (Å²) in [7, 11) is -1.28. The van der Waals surface area contributed by atoms with E-state index in [1.165, 1.54) is 0 Å². The van der Waals surface area contributed by atoms with Crippen LogP contribution in [0.1, 0.15) is 6.42 Å². The summed E-state index contributed by atoms with van der Waals surface area (Å²) >= 11 is 0.